The van der Waals surface area contributed by atoms with Crippen LogP contribution in [0, 0.1) is 10.1 Å². The Bertz CT molecular complexity index is 603. The third-order valence-corrected chi connectivity index (χ3v) is 3.35. The number of aromatic nitrogens is 2. The van der Waals surface area contributed by atoms with Crippen molar-refractivity contribution in [1.82, 2.24) is 15.3 Å². The first-order chi connectivity index (χ1) is 9.22. The Labute approximate surface area is 109 Å². The van der Waals surface area contributed by atoms with E-state index in [-0.39, 0.29) is 5.69 Å². The van der Waals surface area contributed by atoms with Crippen molar-refractivity contribution in [2.24, 2.45) is 0 Å². The molecule has 2 aromatic rings. The molecule has 0 spiro atoms. The quantitative estimate of drug-likeness (QED) is 0.574. The van der Waals surface area contributed by atoms with Gasteiger partial charge in [0.1, 0.15) is 0 Å². The molecule has 1 atom stereocenters. The van der Waals surface area contributed by atoms with E-state index < -0.39 is 4.92 Å². The molecule has 0 radical (unpaired) electrons. The van der Waals surface area contributed by atoms with E-state index >= 15 is 0 Å². The van der Waals surface area contributed by atoms with Gasteiger partial charge < -0.3 is 15.6 Å². The average molecular weight is 261 g/mol. The molecule has 1 aliphatic heterocycles. The highest BCUT2D eigenvalue weighted by atomic mass is 16.6. The van der Waals surface area contributed by atoms with E-state index in [0.29, 0.717) is 17.5 Å². The van der Waals surface area contributed by atoms with Crippen LogP contribution < -0.4 is 10.6 Å². The smallest absolute Gasteiger partial charge is 0.271 e. The summed E-state index contributed by atoms with van der Waals surface area (Å²) < 4.78 is 0. The zero-order valence-electron chi connectivity index (χ0n) is 10.3. The van der Waals surface area contributed by atoms with E-state index in [0.717, 1.165) is 18.6 Å². The summed E-state index contributed by atoms with van der Waals surface area (Å²) in [5.74, 6) is 0.657. The minimum atomic E-state index is -0.407. The van der Waals surface area contributed by atoms with Gasteiger partial charge in [-0.25, -0.2) is 4.98 Å². The van der Waals surface area contributed by atoms with Gasteiger partial charge in [0.15, 0.2) is 0 Å². The highest BCUT2D eigenvalue weighted by Crippen LogP contribution is 2.20. The summed E-state index contributed by atoms with van der Waals surface area (Å²) in [6, 6.07) is 5.10. The molecule has 0 bridgehead atoms. The van der Waals surface area contributed by atoms with Gasteiger partial charge in [-0.15, -0.1) is 0 Å². The van der Waals surface area contributed by atoms with Crippen LogP contribution in [0.1, 0.15) is 12.8 Å². The number of hydrogen-bond donors (Lipinski definition) is 3. The molecule has 0 saturated carbocycles. The number of anilines is 1. The number of nitrogens with one attached hydrogen (secondary N) is 3. The number of aromatic amines is 1. The fourth-order valence-corrected chi connectivity index (χ4v) is 2.35. The van der Waals surface area contributed by atoms with Crippen molar-refractivity contribution in [2.75, 3.05) is 18.4 Å². The Kier molecular flexibility index (Phi) is 3.04. The molecule has 1 aromatic carbocycles. The summed E-state index contributed by atoms with van der Waals surface area (Å²) in [6.45, 7) is 1.88. The number of benzene rings is 1. The van der Waals surface area contributed by atoms with E-state index in [1.165, 1.54) is 25.0 Å². The summed E-state index contributed by atoms with van der Waals surface area (Å²) in [5.41, 5.74) is 1.48. The van der Waals surface area contributed by atoms with Crippen LogP contribution in [-0.2, 0) is 0 Å². The van der Waals surface area contributed by atoms with Gasteiger partial charge in [-0.1, -0.05) is 0 Å². The second kappa shape index (κ2) is 4.85. The topological polar surface area (TPSA) is 95.9 Å². The highest BCUT2D eigenvalue weighted by Gasteiger charge is 2.14. The van der Waals surface area contributed by atoms with Crippen molar-refractivity contribution in [2.45, 2.75) is 18.9 Å². The zero-order valence-corrected chi connectivity index (χ0v) is 10.3. The number of non-ortho nitro benzene ring substituents is 1. The molecule has 0 amide bonds. The predicted molar refractivity (Wildman–Crippen MR) is 72.3 cm³/mol. The lowest BCUT2D eigenvalue weighted by Gasteiger charge is -2.09. The number of rotatable bonds is 4. The van der Waals surface area contributed by atoms with Gasteiger partial charge in [-0.05, 0) is 25.5 Å². The van der Waals surface area contributed by atoms with Gasteiger partial charge >= 0.3 is 0 Å². The maximum absolute atomic E-state index is 10.7. The molecule has 1 fully saturated rings. The highest BCUT2D eigenvalue weighted by molar-refractivity contribution is 5.79. The second-order valence-corrected chi connectivity index (χ2v) is 4.72. The van der Waals surface area contributed by atoms with Crippen LogP contribution in [0.3, 0.4) is 0 Å². The first-order valence-corrected chi connectivity index (χ1v) is 6.34. The van der Waals surface area contributed by atoms with E-state index in [9.17, 15) is 10.1 Å². The number of nitro groups is 1. The number of hydrogen-bond acceptors (Lipinski definition) is 5. The monoisotopic (exact) mass is 261 g/mol. The first kappa shape index (κ1) is 11.9. The molecular weight excluding hydrogens is 246 g/mol. The Morgan fingerprint density at radius 2 is 2.42 bits per heavy atom. The van der Waals surface area contributed by atoms with Crippen molar-refractivity contribution in [3.63, 3.8) is 0 Å². The second-order valence-electron chi connectivity index (χ2n) is 4.72. The SMILES string of the molecule is O=[N+]([O-])c1ccc2nc(NC[C@H]3CCCN3)[nH]c2c1. The van der Waals surface area contributed by atoms with Crippen LogP contribution in [0.25, 0.3) is 11.0 Å². The van der Waals surface area contributed by atoms with Gasteiger partial charge in [-0.3, -0.25) is 10.1 Å². The van der Waals surface area contributed by atoms with Crippen molar-refractivity contribution in [3.05, 3.63) is 28.3 Å². The lowest BCUT2D eigenvalue weighted by molar-refractivity contribution is -0.384. The fraction of sp³-hybridized carbons (Fsp3) is 0.417. The lowest BCUT2D eigenvalue weighted by atomic mass is 10.2. The van der Waals surface area contributed by atoms with Gasteiger partial charge in [0.2, 0.25) is 5.95 Å². The fourth-order valence-electron chi connectivity index (χ4n) is 2.35. The molecule has 1 aliphatic rings. The van der Waals surface area contributed by atoms with Gasteiger partial charge in [0.05, 0.1) is 16.0 Å². The summed E-state index contributed by atoms with van der Waals surface area (Å²) in [5, 5.41) is 17.3. The number of imidazole rings is 1. The van der Waals surface area contributed by atoms with Crippen LogP contribution in [0.15, 0.2) is 18.2 Å². The summed E-state index contributed by atoms with van der Waals surface area (Å²) >= 11 is 0. The molecule has 1 saturated heterocycles. The number of nitro benzene ring substituents is 1. The first-order valence-electron chi connectivity index (χ1n) is 6.34. The van der Waals surface area contributed by atoms with Gasteiger partial charge in [0, 0.05) is 24.7 Å². The van der Waals surface area contributed by atoms with Crippen LogP contribution in [-0.4, -0.2) is 34.0 Å². The van der Waals surface area contributed by atoms with Crippen molar-refractivity contribution < 1.29 is 4.92 Å². The Balaban J connectivity index is 1.75. The molecule has 7 nitrogen and oxygen atoms in total. The van der Waals surface area contributed by atoms with E-state index in [4.69, 9.17) is 0 Å². The van der Waals surface area contributed by atoms with E-state index in [2.05, 4.69) is 20.6 Å². The van der Waals surface area contributed by atoms with E-state index in [1.807, 2.05) is 0 Å². The zero-order chi connectivity index (χ0) is 13.2. The normalized spacial score (nSPS) is 18.8. The van der Waals surface area contributed by atoms with Gasteiger partial charge in [0.25, 0.3) is 5.69 Å². The summed E-state index contributed by atoms with van der Waals surface area (Å²) in [4.78, 5) is 17.7. The third kappa shape index (κ3) is 2.50. The van der Waals surface area contributed by atoms with Crippen molar-refractivity contribution >= 4 is 22.7 Å². The number of fused-ring (bicyclic) bond motifs is 1. The third-order valence-electron chi connectivity index (χ3n) is 3.35. The van der Waals surface area contributed by atoms with Crippen molar-refractivity contribution in [1.29, 1.82) is 0 Å². The minimum Gasteiger partial charge on any atom is -0.354 e. The van der Waals surface area contributed by atoms with Crippen LogP contribution in [0.5, 0.6) is 0 Å². The van der Waals surface area contributed by atoms with Crippen LogP contribution in [0.4, 0.5) is 11.6 Å². The average Bonchev–Trinajstić information content (AvgIpc) is 3.04. The number of nitrogens with zero attached hydrogens (tertiary/aromatic N) is 2. The molecular formula is C12H15N5O2. The van der Waals surface area contributed by atoms with Gasteiger partial charge in [-0.2, -0.15) is 0 Å². The molecule has 100 valence electrons. The largest absolute Gasteiger partial charge is 0.354 e. The molecule has 2 heterocycles. The summed E-state index contributed by atoms with van der Waals surface area (Å²) in [6.07, 6.45) is 2.37. The Morgan fingerprint density at radius 3 is 3.16 bits per heavy atom. The van der Waals surface area contributed by atoms with E-state index in [1.54, 1.807) is 6.07 Å². The maximum Gasteiger partial charge on any atom is 0.271 e. The Hall–Kier alpha value is -2.15. The molecule has 1 aromatic heterocycles. The van der Waals surface area contributed by atoms with Crippen molar-refractivity contribution in [3.8, 4) is 0 Å². The number of H-pyrrole nitrogens is 1. The molecule has 0 unspecified atom stereocenters. The Morgan fingerprint density at radius 1 is 1.53 bits per heavy atom. The molecule has 0 aliphatic carbocycles. The van der Waals surface area contributed by atoms with Crippen LogP contribution in [0.2, 0.25) is 0 Å². The minimum absolute atomic E-state index is 0.0696. The standard InChI is InChI=1S/C12H15N5O2/c18-17(19)9-3-4-10-11(6-9)16-12(15-10)14-7-8-2-1-5-13-8/h3-4,6,8,13H,1-2,5,7H2,(H2,14,15,16)/t8-/m1/s1. The maximum atomic E-state index is 10.7. The molecule has 7 heteroatoms. The lowest BCUT2D eigenvalue weighted by Crippen LogP contribution is -2.29. The molecule has 19 heavy (non-hydrogen) atoms. The van der Waals surface area contributed by atoms with Crippen LogP contribution >= 0.6 is 0 Å². The molecule has 3 rings (SSSR count). The summed E-state index contributed by atoms with van der Waals surface area (Å²) in [7, 11) is 0. The molecule has 3 N–H and O–H groups in total. The predicted octanol–water partition coefficient (Wildman–Crippen LogP) is 1.63.